The second-order valence-corrected chi connectivity index (χ2v) is 6.72. The molecule has 0 aliphatic carbocycles. The number of halogens is 1. The van der Waals surface area contributed by atoms with E-state index in [0.29, 0.717) is 19.0 Å². The Bertz CT molecular complexity index is 835. The summed E-state index contributed by atoms with van der Waals surface area (Å²) in [5, 5.41) is 2.95. The van der Waals surface area contributed by atoms with Crippen molar-refractivity contribution in [3.8, 4) is 17.2 Å². The average molecular weight is 418 g/mol. The monoisotopic (exact) mass is 417 g/mol. The third kappa shape index (κ3) is 4.38. The second kappa shape index (κ2) is 8.27. The van der Waals surface area contributed by atoms with Crippen LogP contribution >= 0.6 is 15.9 Å². The van der Waals surface area contributed by atoms with Crippen molar-refractivity contribution >= 4 is 27.9 Å². The van der Waals surface area contributed by atoms with Gasteiger partial charge in [0.15, 0.2) is 11.5 Å². The molecule has 26 heavy (non-hydrogen) atoms. The number of methoxy groups -OCH3 is 1. The van der Waals surface area contributed by atoms with Crippen molar-refractivity contribution in [1.82, 2.24) is 5.32 Å². The van der Waals surface area contributed by atoms with Crippen LogP contribution in [0.15, 0.2) is 46.9 Å². The van der Waals surface area contributed by atoms with Crippen molar-refractivity contribution in [3.63, 3.8) is 0 Å². The van der Waals surface area contributed by atoms with Gasteiger partial charge in [-0.1, -0.05) is 12.1 Å². The first kappa shape index (κ1) is 18.3. The van der Waals surface area contributed by atoms with Gasteiger partial charge in [0.1, 0.15) is 19.0 Å². The van der Waals surface area contributed by atoms with Crippen LogP contribution in [0, 0.1) is 0 Å². The minimum Gasteiger partial charge on any atom is -0.496 e. The molecule has 0 saturated carbocycles. The zero-order valence-electron chi connectivity index (χ0n) is 14.6. The molecule has 0 fully saturated rings. The maximum Gasteiger partial charge on any atom is 0.244 e. The van der Waals surface area contributed by atoms with E-state index in [2.05, 4.69) is 21.2 Å². The molecule has 2 aromatic carbocycles. The highest BCUT2D eigenvalue weighted by Gasteiger charge is 2.12. The number of rotatable bonds is 5. The Morgan fingerprint density at radius 2 is 1.96 bits per heavy atom. The van der Waals surface area contributed by atoms with Crippen molar-refractivity contribution in [3.05, 3.63) is 58.1 Å². The minimum absolute atomic E-state index is 0.130. The van der Waals surface area contributed by atoms with Gasteiger partial charge in [0.25, 0.3) is 0 Å². The molecular formula is C20H20BrNO4. The van der Waals surface area contributed by atoms with Gasteiger partial charge < -0.3 is 19.5 Å². The van der Waals surface area contributed by atoms with Gasteiger partial charge in [-0.15, -0.1) is 0 Å². The lowest BCUT2D eigenvalue weighted by Gasteiger charge is -2.18. The quantitative estimate of drug-likeness (QED) is 0.743. The van der Waals surface area contributed by atoms with Crippen LogP contribution in [-0.2, 0) is 4.79 Å². The third-order valence-corrected chi connectivity index (χ3v) is 4.65. The minimum atomic E-state index is -0.167. The molecule has 1 aliphatic rings. The van der Waals surface area contributed by atoms with Crippen LogP contribution in [-0.4, -0.2) is 26.2 Å². The van der Waals surface area contributed by atoms with E-state index in [1.807, 2.05) is 43.3 Å². The van der Waals surface area contributed by atoms with Gasteiger partial charge in [-0.2, -0.15) is 0 Å². The molecule has 0 radical (unpaired) electrons. The van der Waals surface area contributed by atoms with E-state index in [9.17, 15) is 4.79 Å². The highest BCUT2D eigenvalue weighted by Crippen LogP contribution is 2.31. The molecule has 0 saturated heterocycles. The lowest BCUT2D eigenvalue weighted by atomic mass is 10.1. The first-order chi connectivity index (χ1) is 12.6. The molecule has 0 aromatic heterocycles. The summed E-state index contributed by atoms with van der Waals surface area (Å²) in [5.41, 5.74) is 1.86. The lowest BCUT2D eigenvalue weighted by molar-refractivity contribution is -0.117. The van der Waals surface area contributed by atoms with Crippen LogP contribution in [0.3, 0.4) is 0 Å². The van der Waals surface area contributed by atoms with Crippen LogP contribution in [0.1, 0.15) is 24.1 Å². The molecule has 1 aliphatic heterocycles. The summed E-state index contributed by atoms with van der Waals surface area (Å²) in [5.74, 6) is 2.02. The van der Waals surface area contributed by atoms with E-state index in [-0.39, 0.29) is 11.9 Å². The molecule has 1 N–H and O–H groups in total. The molecule has 0 unspecified atom stereocenters. The zero-order chi connectivity index (χ0) is 18.5. The topological polar surface area (TPSA) is 56.8 Å². The molecule has 2 aromatic rings. The normalized spacial score (nSPS) is 14.1. The zero-order valence-corrected chi connectivity index (χ0v) is 16.2. The van der Waals surface area contributed by atoms with Gasteiger partial charge in [-0.3, -0.25) is 4.79 Å². The number of carbonyl (C=O) groups is 1. The number of carbonyl (C=O) groups excluding carboxylic acids is 1. The molecule has 0 spiro atoms. The lowest BCUT2D eigenvalue weighted by Crippen LogP contribution is -2.24. The summed E-state index contributed by atoms with van der Waals surface area (Å²) in [6, 6.07) is 11.2. The first-order valence-corrected chi connectivity index (χ1v) is 9.08. The molecule has 1 atom stereocenters. The van der Waals surface area contributed by atoms with Crippen LogP contribution in [0.5, 0.6) is 17.2 Å². The molecule has 1 heterocycles. The Hall–Kier alpha value is -2.47. The van der Waals surface area contributed by atoms with Crippen molar-refractivity contribution < 1.29 is 19.0 Å². The summed E-state index contributed by atoms with van der Waals surface area (Å²) in [6.45, 7) is 3.03. The van der Waals surface area contributed by atoms with Crippen LogP contribution in [0.2, 0.25) is 0 Å². The third-order valence-electron chi connectivity index (χ3n) is 4.03. The van der Waals surface area contributed by atoms with Crippen LogP contribution in [0.25, 0.3) is 6.08 Å². The summed E-state index contributed by atoms with van der Waals surface area (Å²) >= 11 is 3.46. The van der Waals surface area contributed by atoms with E-state index >= 15 is 0 Å². The Labute approximate surface area is 161 Å². The maximum absolute atomic E-state index is 12.2. The van der Waals surface area contributed by atoms with Crippen LogP contribution in [0.4, 0.5) is 0 Å². The Morgan fingerprint density at radius 3 is 2.69 bits per heavy atom. The van der Waals surface area contributed by atoms with Crippen molar-refractivity contribution in [2.45, 2.75) is 13.0 Å². The number of amides is 1. The maximum atomic E-state index is 12.2. The summed E-state index contributed by atoms with van der Waals surface area (Å²) in [4.78, 5) is 12.2. The molecule has 0 bridgehead atoms. The van der Waals surface area contributed by atoms with Gasteiger partial charge >= 0.3 is 0 Å². The number of hydrogen-bond donors (Lipinski definition) is 1. The van der Waals surface area contributed by atoms with E-state index in [1.165, 1.54) is 6.08 Å². The molecule has 1 amide bonds. The Balaban J connectivity index is 1.63. The smallest absolute Gasteiger partial charge is 0.244 e. The first-order valence-electron chi connectivity index (χ1n) is 8.28. The Morgan fingerprint density at radius 1 is 1.19 bits per heavy atom. The molecule has 136 valence electrons. The van der Waals surface area contributed by atoms with Gasteiger partial charge in [0.05, 0.1) is 17.6 Å². The fraction of sp³-hybridized carbons (Fsp3) is 0.250. The van der Waals surface area contributed by atoms with Crippen LogP contribution < -0.4 is 19.5 Å². The summed E-state index contributed by atoms with van der Waals surface area (Å²) in [6.07, 6.45) is 3.27. The summed E-state index contributed by atoms with van der Waals surface area (Å²) < 4.78 is 17.1. The predicted octanol–water partition coefficient (Wildman–Crippen LogP) is 4.12. The molecule has 3 rings (SSSR count). The van der Waals surface area contributed by atoms with Gasteiger partial charge in [-0.25, -0.2) is 0 Å². The number of ether oxygens (including phenoxy) is 3. The summed E-state index contributed by atoms with van der Waals surface area (Å²) in [7, 11) is 1.62. The van der Waals surface area contributed by atoms with Crippen molar-refractivity contribution in [2.75, 3.05) is 20.3 Å². The predicted molar refractivity (Wildman–Crippen MR) is 104 cm³/mol. The number of nitrogens with one attached hydrogen (secondary N) is 1. The number of benzene rings is 2. The highest BCUT2D eigenvalue weighted by atomic mass is 79.9. The largest absolute Gasteiger partial charge is 0.496 e. The van der Waals surface area contributed by atoms with E-state index in [1.54, 1.807) is 13.2 Å². The van der Waals surface area contributed by atoms with Crippen molar-refractivity contribution in [1.29, 1.82) is 0 Å². The SMILES string of the molecule is COc1ccc([C@H](C)NC(=O)/C=C/c2ccc3c(c2)OCCO3)cc1Br. The standard InChI is InChI=1S/C20H20BrNO4/c1-13(15-5-7-17(24-2)16(21)12-15)22-20(23)8-4-14-3-6-18-19(11-14)26-10-9-25-18/h3-8,11-13H,9-10H2,1-2H3,(H,22,23)/b8-4+/t13-/m0/s1. The highest BCUT2D eigenvalue weighted by molar-refractivity contribution is 9.10. The fourth-order valence-electron chi connectivity index (χ4n) is 2.63. The number of fused-ring (bicyclic) bond motifs is 1. The van der Waals surface area contributed by atoms with Gasteiger partial charge in [0.2, 0.25) is 5.91 Å². The number of hydrogen-bond acceptors (Lipinski definition) is 4. The second-order valence-electron chi connectivity index (χ2n) is 5.86. The van der Waals surface area contributed by atoms with E-state index in [4.69, 9.17) is 14.2 Å². The fourth-order valence-corrected chi connectivity index (χ4v) is 3.19. The molecule has 5 nitrogen and oxygen atoms in total. The average Bonchev–Trinajstić information content (AvgIpc) is 2.66. The van der Waals surface area contributed by atoms with E-state index < -0.39 is 0 Å². The Kier molecular flexibility index (Phi) is 5.83. The van der Waals surface area contributed by atoms with E-state index in [0.717, 1.165) is 27.1 Å². The van der Waals surface area contributed by atoms with Gasteiger partial charge in [0, 0.05) is 6.08 Å². The molecule has 6 heteroatoms. The molecular weight excluding hydrogens is 398 g/mol. The van der Waals surface area contributed by atoms with Crippen molar-refractivity contribution in [2.24, 2.45) is 0 Å². The van der Waals surface area contributed by atoms with Gasteiger partial charge in [-0.05, 0) is 64.3 Å².